The van der Waals surface area contributed by atoms with Gasteiger partial charge in [-0.05, 0) is 122 Å². The van der Waals surface area contributed by atoms with E-state index in [0.717, 1.165) is 0 Å². The lowest BCUT2D eigenvalue weighted by molar-refractivity contribution is 1.64. The second-order valence-electron chi connectivity index (χ2n) is 12.9. The van der Waals surface area contributed by atoms with Crippen LogP contribution in [-0.2, 0) is 0 Å². The molecule has 10 aromatic carbocycles. The summed E-state index contributed by atoms with van der Waals surface area (Å²) in [6.07, 6.45) is 0. The molecule has 0 heteroatoms. The zero-order chi connectivity index (χ0) is 31.6. The lowest BCUT2D eigenvalue weighted by Crippen LogP contribution is -1.90. The van der Waals surface area contributed by atoms with Gasteiger partial charge < -0.3 is 0 Å². The predicted octanol–water partition coefficient (Wildman–Crippen LogP) is 13.6. The number of hydrogen-bond acceptors (Lipinski definition) is 0. The molecule has 48 heavy (non-hydrogen) atoms. The molecular weight excluding hydrogens is 577 g/mol. The zero-order valence-corrected chi connectivity index (χ0v) is 26.3. The Balaban J connectivity index is 1.27. The molecule has 0 radical (unpaired) electrons. The van der Waals surface area contributed by atoms with E-state index < -0.39 is 0 Å². The Morgan fingerprint density at radius 1 is 0.188 bits per heavy atom. The van der Waals surface area contributed by atoms with Crippen LogP contribution in [0.1, 0.15) is 0 Å². The van der Waals surface area contributed by atoms with Gasteiger partial charge in [0, 0.05) is 0 Å². The fraction of sp³-hybridized carbons (Fsp3) is 0. The first-order valence-electron chi connectivity index (χ1n) is 16.7. The van der Waals surface area contributed by atoms with Crippen LogP contribution in [0.25, 0.3) is 98.0 Å². The molecule has 0 atom stereocenters. The van der Waals surface area contributed by atoms with Gasteiger partial charge in [-0.3, -0.25) is 0 Å². The summed E-state index contributed by atoms with van der Waals surface area (Å²) in [5, 5.41) is 15.5. The molecule has 0 amide bonds. The Morgan fingerprint density at radius 2 is 0.521 bits per heavy atom. The van der Waals surface area contributed by atoms with Crippen LogP contribution in [0.5, 0.6) is 0 Å². The topological polar surface area (TPSA) is 0 Å². The Kier molecular flexibility index (Phi) is 5.98. The van der Waals surface area contributed by atoms with E-state index in [4.69, 9.17) is 0 Å². The van der Waals surface area contributed by atoms with Crippen molar-refractivity contribution in [2.45, 2.75) is 0 Å². The van der Waals surface area contributed by atoms with Crippen molar-refractivity contribution in [3.8, 4) is 33.4 Å². The van der Waals surface area contributed by atoms with Crippen LogP contribution in [0.3, 0.4) is 0 Å². The average Bonchev–Trinajstić information content (AvgIpc) is 3.17. The second kappa shape index (κ2) is 10.7. The van der Waals surface area contributed by atoms with E-state index in [1.807, 2.05) is 0 Å². The van der Waals surface area contributed by atoms with Gasteiger partial charge in [-0.2, -0.15) is 0 Å². The first-order chi connectivity index (χ1) is 23.8. The second-order valence-corrected chi connectivity index (χ2v) is 12.9. The molecule has 0 saturated carbocycles. The monoisotopic (exact) mass is 606 g/mol. The van der Waals surface area contributed by atoms with Crippen molar-refractivity contribution >= 4 is 64.6 Å². The Labute approximate surface area is 279 Å². The number of fused-ring (bicyclic) bond motifs is 12. The quantitative estimate of drug-likeness (QED) is 0.176. The van der Waals surface area contributed by atoms with E-state index in [2.05, 4.69) is 182 Å². The van der Waals surface area contributed by atoms with Crippen LogP contribution in [0.2, 0.25) is 0 Å². The highest BCUT2D eigenvalue weighted by atomic mass is 14.2. The predicted molar refractivity (Wildman–Crippen MR) is 208 cm³/mol. The molecule has 0 nitrogen and oxygen atoms in total. The first-order valence-corrected chi connectivity index (χ1v) is 16.7. The van der Waals surface area contributed by atoms with Crippen molar-refractivity contribution in [1.82, 2.24) is 0 Å². The molecular formula is C48H30. The van der Waals surface area contributed by atoms with Crippen LogP contribution in [0.4, 0.5) is 0 Å². The third-order valence-corrected chi connectivity index (χ3v) is 10.2. The lowest BCUT2D eigenvalue weighted by Gasteiger charge is -2.18. The molecule has 0 aliphatic carbocycles. The highest BCUT2D eigenvalue weighted by molar-refractivity contribution is 6.39. The fourth-order valence-corrected chi connectivity index (χ4v) is 7.90. The molecule has 10 aromatic rings. The summed E-state index contributed by atoms with van der Waals surface area (Å²) in [7, 11) is 0. The number of rotatable bonds is 3. The molecule has 222 valence electrons. The van der Waals surface area contributed by atoms with Crippen molar-refractivity contribution in [2.75, 3.05) is 0 Å². The molecule has 0 unspecified atom stereocenters. The minimum atomic E-state index is 1.23. The largest absolute Gasteiger partial charge is 0.0622 e. The van der Waals surface area contributed by atoms with E-state index in [-0.39, 0.29) is 0 Å². The first kappa shape index (κ1) is 26.9. The number of hydrogen-bond donors (Lipinski definition) is 0. The molecule has 0 aromatic heterocycles. The molecule has 0 fully saturated rings. The van der Waals surface area contributed by atoms with Crippen molar-refractivity contribution < 1.29 is 0 Å². The molecule has 0 N–H and O–H groups in total. The van der Waals surface area contributed by atoms with Crippen molar-refractivity contribution in [1.29, 1.82) is 0 Å². The van der Waals surface area contributed by atoms with Gasteiger partial charge in [-0.15, -0.1) is 0 Å². The minimum Gasteiger partial charge on any atom is -0.0622 e. The minimum absolute atomic E-state index is 1.23. The van der Waals surface area contributed by atoms with Crippen LogP contribution in [-0.4, -0.2) is 0 Å². The Bertz CT molecular complexity index is 2860. The summed E-state index contributed by atoms with van der Waals surface area (Å²) in [6, 6.07) is 67.1. The summed E-state index contributed by atoms with van der Waals surface area (Å²) in [6.45, 7) is 0. The van der Waals surface area contributed by atoms with E-state index in [1.165, 1.54) is 98.0 Å². The summed E-state index contributed by atoms with van der Waals surface area (Å²) < 4.78 is 0. The third kappa shape index (κ3) is 4.16. The molecule has 0 bridgehead atoms. The maximum atomic E-state index is 2.43. The van der Waals surface area contributed by atoms with Gasteiger partial charge in [0.15, 0.2) is 0 Å². The maximum absolute atomic E-state index is 2.43. The lowest BCUT2D eigenvalue weighted by atomic mass is 9.85. The fourth-order valence-electron chi connectivity index (χ4n) is 7.90. The number of benzene rings is 10. The smallest absolute Gasteiger partial charge is 0.00137 e. The molecule has 0 aliphatic heterocycles. The summed E-state index contributed by atoms with van der Waals surface area (Å²) >= 11 is 0. The van der Waals surface area contributed by atoms with Crippen LogP contribution in [0, 0.1) is 0 Å². The average molecular weight is 607 g/mol. The van der Waals surface area contributed by atoms with Crippen molar-refractivity contribution in [3.05, 3.63) is 182 Å². The van der Waals surface area contributed by atoms with E-state index in [9.17, 15) is 0 Å². The Hall–Kier alpha value is -6.24. The summed E-state index contributed by atoms with van der Waals surface area (Å²) in [5.41, 5.74) is 7.43. The molecule has 0 spiro atoms. The molecule has 0 aliphatic rings. The summed E-state index contributed by atoms with van der Waals surface area (Å²) in [5.74, 6) is 0. The standard InChI is InChI=1S/C48H30/c1-3-11-31(12-4-1)33-19-20-35-28-36(22-21-34(35)27-33)38-24-26-42-41-25-23-37(32-13-5-2-6-14-32)29-45(41)47-43-17-9-7-15-39(43)40-16-8-10-18-44(40)48(47)46(42)30-38/h1-30H. The van der Waals surface area contributed by atoms with Gasteiger partial charge in [0.25, 0.3) is 0 Å². The SMILES string of the molecule is c1ccc(-c2ccc3cc(-c4ccc5c6ccc(-c7ccccc7)cc6c6c7ccccc7c7ccccc7c6c5c4)ccc3c2)cc1. The van der Waals surface area contributed by atoms with Gasteiger partial charge in [0.2, 0.25) is 0 Å². The third-order valence-electron chi connectivity index (χ3n) is 10.2. The van der Waals surface area contributed by atoms with E-state index in [1.54, 1.807) is 0 Å². The van der Waals surface area contributed by atoms with Crippen molar-refractivity contribution in [2.24, 2.45) is 0 Å². The van der Waals surface area contributed by atoms with Crippen LogP contribution in [0.15, 0.2) is 182 Å². The summed E-state index contributed by atoms with van der Waals surface area (Å²) in [4.78, 5) is 0. The van der Waals surface area contributed by atoms with Gasteiger partial charge in [-0.25, -0.2) is 0 Å². The normalized spacial score (nSPS) is 11.8. The highest BCUT2D eigenvalue weighted by Crippen LogP contribution is 2.45. The van der Waals surface area contributed by atoms with E-state index >= 15 is 0 Å². The molecule has 10 rings (SSSR count). The van der Waals surface area contributed by atoms with E-state index in [0.29, 0.717) is 0 Å². The molecule has 0 heterocycles. The molecule has 0 saturated heterocycles. The highest BCUT2D eigenvalue weighted by Gasteiger charge is 2.17. The van der Waals surface area contributed by atoms with Crippen LogP contribution < -0.4 is 0 Å². The van der Waals surface area contributed by atoms with Crippen LogP contribution >= 0.6 is 0 Å². The Morgan fingerprint density at radius 3 is 1.00 bits per heavy atom. The zero-order valence-electron chi connectivity index (χ0n) is 26.3. The maximum Gasteiger partial charge on any atom is -0.00137 e. The van der Waals surface area contributed by atoms with Gasteiger partial charge >= 0.3 is 0 Å². The van der Waals surface area contributed by atoms with Gasteiger partial charge in [0.05, 0.1) is 0 Å². The van der Waals surface area contributed by atoms with Gasteiger partial charge in [0.1, 0.15) is 0 Å². The van der Waals surface area contributed by atoms with Gasteiger partial charge in [-0.1, -0.05) is 158 Å². The van der Waals surface area contributed by atoms with Crippen molar-refractivity contribution in [3.63, 3.8) is 0 Å².